The molecule has 0 amide bonds. The minimum absolute atomic E-state index is 0.0723. The number of aliphatic hydroxyl groups excluding tert-OH is 2. The monoisotopic (exact) mass is 216 g/mol. The lowest BCUT2D eigenvalue weighted by molar-refractivity contribution is -0.146. The number of rotatable bonds is 4. The van der Waals surface area contributed by atoms with Crippen LogP contribution < -0.4 is 0 Å². The molecule has 15 heavy (non-hydrogen) atoms. The summed E-state index contributed by atoms with van der Waals surface area (Å²) < 4.78 is 4.89. The van der Waals surface area contributed by atoms with Gasteiger partial charge in [-0.05, 0) is 25.2 Å². The molecule has 4 nitrogen and oxygen atoms in total. The number of hydrogen-bond donors (Lipinski definition) is 2. The zero-order valence-electron chi connectivity index (χ0n) is 9.40. The average molecular weight is 216 g/mol. The van der Waals surface area contributed by atoms with Gasteiger partial charge in [-0.2, -0.15) is 0 Å². The van der Waals surface area contributed by atoms with E-state index in [1.165, 1.54) is 0 Å². The van der Waals surface area contributed by atoms with Crippen LogP contribution in [-0.4, -0.2) is 35.5 Å². The van der Waals surface area contributed by atoms with E-state index in [1.807, 2.05) is 6.92 Å². The highest BCUT2D eigenvalue weighted by atomic mass is 16.5. The first-order valence-corrected chi connectivity index (χ1v) is 5.48. The van der Waals surface area contributed by atoms with Gasteiger partial charge in [0.25, 0.3) is 0 Å². The summed E-state index contributed by atoms with van der Waals surface area (Å²) in [6, 6.07) is 0. The van der Waals surface area contributed by atoms with Crippen molar-refractivity contribution >= 4 is 5.97 Å². The molecular formula is C11H20O4. The lowest BCUT2D eigenvalue weighted by Gasteiger charge is -2.30. The molecule has 0 aromatic rings. The molecule has 1 aliphatic rings. The fourth-order valence-electron chi connectivity index (χ4n) is 2.43. The van der Waals surface area contributed by atoms with Gasteiger partial charge in [-0.15, -0.1) is 0 Å². The van der Waals surface area contributed by atoms with Crippen molar-refractivity contribution in [3.8, 4) is 0 Å². The normalized spacial score (nSPS) is 35.5. The molecule has 4 heteroatoms. The number of ether oxygens (including phenoxy) is 1. The molecule has 0 unspecified atom stereocenters. The highest BCUT2D eigenvalue weighted by Crippen LogP contribution is 2.45. The van der Waals surface area contributed by atoms with Gasteiger partial charge < -0.3 is 14.9 Å². The molecule has 0 spiro atoms. The van der Waals surface area contributed by atoms with Crippen LogP contribution in [-0.2, 0) is 9.53 Å². The Morgan fingerprint density at radius 3 is 2.80 bits per heavy atom. The van der Waals surface area contributed by atoms with Crippen LogP contribution in [0.4, 0.5) is 0 Å². The van der Waals surface area contributed by atoms with Crippen LogP contribution in [0.2, 0.25) is 0 Å². The summed E-state index contributed by atoms with van der Waals surface area (Å²) in [7, 11) is 0. The summed E-state index contributed by atoms with van der Waals surface area (Å²) in [4.78, 5) is 11.4. The maximum atomic E-state index is 11.4. The molecule has 0 aliphatic heterocycles. The maximum Gasteiger partial charge on any atom is 0.306 e. The molecule has 0 heterocycles. The van der Waals surface area contributed by atoms with E-state index in [-0.39, 0.29) is 30.3 Å². The molecule has 3 atom stereocenters. The standard InChI is InChI=1S/C11H20O4/c1-3-15-10(14)6-11(2)5-4-9(13)8(11)7-12/h8-9,12-13H,3-7H2,1-2H3/t8-,9-,11-/m0/s1. The second kappa shape index (κ2) is 4.94. The highest BCUT2D eigenvalue weighted by molar-refractivity contribution is 5.70. The van der Waals surface area contributed by atoms with Crippen LogP contribution in [0.3, 0.4) is 0 Å². The summed E-state index contributed by atoms with van der Waals surface area (Å²) in [5.74, 6) is -0.450. The van der Waals surface area contributed by atoms with Crippen LogP contribution in [0.15, 0.2) is 0 Å². The Morgan fingerprint density at radius 1 is 1.60 bits per heavy atom. The van der Waals surface area contributed by atoms with E-state index in [0.717, 1.165) is 6.42 Å². The van der Waals surface area contributed by atoms with Gasteiger partial charge in [0.15, 0.2) is 0 Å². The van der Waals surface area contributed by atoms with E-state index in [0.29, 0.717) is 13.0 Å². The van der Waals surface area contributed by atoms with E-state index in [4.69, 9.17) is 4.74 Å². The Balaban J connectivity index is 2.61. The number of carbonyl (C=O) groups excluding carboxylic acids is 1. The Morgan fingerprint density at radius 2 is 2.27 bits per heavy atom. The van der Waals surface area contributed by atoms with Gasteiger partial charge >= 0.3 is 5.97 Å². The van der Waals surface area contributed by atoms with Crippen LogP contribution in [0, 0.1) is 11.3 Å². The zero-order chi connectivity index (χ0) is 11.5. The molecule has 1 fully saturated rings. The Kier molecular flexibility index (Phi) is 4.11. The predicted octanol–water partition coefficient (Wildman–Crippen LogP) is 0.709. The predicted molar refractivity (Wildman–Crippen MR) is 55.2 cm³/mol. The molecule has 0 bridgehead atoms. The van der Waals surface area contributed by atoms with E-state index >= 15 is 0 Å². The second-order valence-electron chi connectivity index (χ2n) is 4.53. The maximum absolute atomic E-state index is 11.4. The van der Waals surface area contributed by atoms with Crippen LogP contribution in [0.5, 0.6) is 0 Å². The van der Waals surface area contributed by atoms with Crippen molar-refractivity contribution in [1.82, 2.24) is 0 Å². The van der Waals surface area contributed by atoms with Crippen molar-refractivity contribution in [3.05, 3.63) is 0 Å². The average Bonchev–Trinajstić information content (AvgIpc) is 2.42. The highest BCUT2D eigenvalue weighted by Gasteiger charge is 2.45. The van der Waals surface area contributed by atoms with Crippen molar-refractivity contribution in [1.29, 1.82) is 0 Å². The molecule has 0 aromatic carbocycles. The molecule has 1 aliphatic carbocycles. The minimum Gasteiger partial charge on any atom is -0.466 e. The third kappa shape index (κ3) is 2.69. The van der Waals surface area contributed by atoms with Crippen molar-refractivity contribution in [3.63, 3.8) is 0 Å². The summed E-state index contributed by atoms with van der Waals surface area (Å²) in [5.41, 5.74) is -0.319. The van der Waals surface area contributed by atoms with Gasteiger partial charge in [0, 0.05) is 12.5 Å². The molecule has 0 radical (unpaired) electrons. The first-order valence-electron chi connectivity index (χ1n) is 5.48. The summed E-state index contributed by atoms with van der Waals surface area (Å²) in [6.45, 7) is 4.01. The SMILES string of the molecule is CCOC(=O)C[C@]1(C)CC[C@H](O)[C@@H]1CO. The van der Waals surface area contributed by atoms with E-state index in [2.05, 4.69) is 0 Å². The number of esters is 1. The molecule has 1 rings (SSSR count). The minimum atomic E-state index is -0.491. The molecule has 1 saturated carbocycles. The van der Waals surface area contributed by atoms with Crippen molar-refractivity contribution < 1.29 is 19.7 Å². The van der Waals surface area contributed by atoms with E-state index < -0.39 is 6.10 Å². The quantitative estimate of drug-likeness (QED) is 0.679. The smallest absolute Gasteiger partial charge is 0.306 e. The fourth-order valence-corrected chi connectivity index (χ4v) is 2.43. The largest absolute Gasteiger partial charge is 0.466 e. The third-order valence-corrected chi connectivity index (χ3v) is 3.42. The number of hydrogen-bond acceptors (Lipinski definition) is 4. The zero-order valence-corrected chi connectivity index (χ0v) is 9.40. The van der Waals surface area contributed by atoms with Crippen molar-refractivity contribution in [2.75, 3.05) is 13.2 Å². The van der Waals surface area contributed by atoms with Crippen molar-refractivity contribution in [2.45, 2.75) is 39.2 Å². The van der Waals surface area contributed by atoms with E-state index in [9.17, 15) is 15.0 Å². The van der Waals surface area contributed by atoms with Gasteiger partial charge in [0.05, 0.1) is 19.1 Å². The Labute approximate surface area is 90.2 Å². The Hall–Kier alpha value is -0.610. The van der Waals surface area contributed by atoms with E-state index in [1.54, 1.807) is 6.92 Å². The summed E-state index contributed by atoms with van der Waals surface area (Å²) >= 11 is 0. The summed E-state index contributed by atoms with van der Waals surface area (Å²) in [5, 5.41) is 18.9. The van der Waals surface area contributed by atoms with Crippen LogP contribution in [0.1, 0.15) is 33.1 Å². The summed E-state index contributed by atoms with van der Waals surface area (Å²) in [6.07, 6.45) is 1.21. The number of aliphatic hydroxyl groups is 2. The van der Waals surface area contributed by atoms with Crippen LogP contribution in [0.25, 0.3) is 0 Å². The molecular weight excluding hydrogens is 196 g/mol. The van der Waals surface area contributed by atoms with Gasteiger partial charge in [0.1, 0.15) is 0 Å². The van der Waals surface area contributed by atoms with Crippen molar-refractivity contribution in [2.24, 2.45) is 11.3 Å². The first-order chi connectivity index (χ1) is 7.03. The molecule has 0 saturated heterocycles. The lowest BCUT2D eigenvalue weighted by Crippen LogP contribution is -2.33. The molecule has 88 valence electrons. The van der Waals surface area contributed by atoms with Gasteiger partial charge in [-0.3, -0.25) is 4.79 Å². The van der Waals surface area contributed by atoms with Gasteiger partial charge in [-0.25, -0.2) is 0 Å². The fraction of sp³-hybridized carbons (Fsp3) is 0.909. The Bertz CT molecular complexity index is 229. The van der Waals surface area contributed by atoms with Gasteiger partial charge in [0.2, 0.25) is 0 Å². The third-order valence-electron chi connectivity index (χ3n) is 3.42. The topological polar surface area (TPSA) is 66.8 Å². The number of carbonyl (C=O) groups is 1. The molecule has 2 N–H and O–H groups in total. The van der Waals surface area contributed by atoms with Crippen LogP contribution >= 0.6 is 0 Å². The lowest BCUT2D eigenvalue weighted by atomic mass is 9.77. The first kappa shape index (κ1) is 12.5. The second-order valence-corrected chi connectivity index (χ2v) is 4.53. The molecule has 0 aromatic heterocycles. The van der Waals surface area contributed by atoms with Gasteiger partial charge in [-0.1, -0.05) is 6.92 Å².